The summed E-state index contributed by atoms with van der Waals surface area (Å²) < 4.78 is 26.3. The van der Waals surface area contributed by atoms with Gasteiger partial charge in [0.15, 0.2) is 11.6 Å². The zero-order valence-corrected chi connectivity index (χ0v) is 17.2. The molecular weight excluding hydrogens is 430 g/mol. The summed E-state index contributed by atoms with van der Waals surface area (Å²) >= 11 is 5.90. The Hall–Kier alpha value is -1.18. The Labute approximate surface area is 162 Å². The number of halogens is 3. The van der Waals surface area contributed by atoms with E-state index in [2.05, 4.69) is 15.9 Å². The van der Waals surface area contributed by atoms with E-state index in [1.54, 1.807) is 12.1 Å². The highest BCUT2D eigenvalue weighted by Gasteiger charge is 2.10. The minimum Gasteiger partial charge on any atom is -0.294 e. The van der Waals surface area contributed by atoms with Crippen molar-refractivity contribution in [3.8, 4) is 0 Å². The van der Waals surface area contributed by atoms with Gasteiger partial charge in [0.1, 0.15) is 11.6 Å². The van der Waals surface area contributed by atoms with E-state index in [0.29, 0.717) is 0 Å². The van der Waals surface area contributed by atoms with Crippen LogP contribution in [0, 0.1) is 11.6 Å². The number of carbonyl (C=O) groups excluding carboxylic acids is 2. The molecule has 134 valence electrons. The van der Waals surface area contributed by atoms with Crippen molar-refractivity contribution < 1.29 is 18.4 Å². The van der Waals surface area contributed by atoms with Crippen LogP contribution in [0.1, 0.15) is 27.6 Å². The first-order valence-electron chi connectivity index (χ1n) is 7.11. The molecule has 7 heteroatoms. The Kier molecular flexibility index (Phi) is 9.38. The first kappa shape index (κ1) is 21.9. The van der Waals surface area contributed by atoms with Gasteiger partial charge in [-0.3, -0.25) is 9.59 Å². The maximum atomic E-state index is 13.2. The first-order valence-corrected chi connectivity index (χ1v) is 10.7. The highest BCUT2D eigenvalue weighted by molar-refractivity contribution is 9.09. The minimum absolute atomic E-state index is 0.148. The fourth-order valence-electron chi connectivity index (χ4n) is 1.83. The van der Waals surface area contributed by atoms with E-state index in [9.17, 15) is 18.4 Å². The molecule has 2 aromatic rings. The van der Waals surface area contributed by atoms with Crippen molar-refractivity contribution in [1.29, 1.82) is 0 Å². The summed E-state index contributed by atoms with van der Waals surface area (Å²) in [6.07, 6.45) is 3.73. The molecule has 2 rings (SSSR count). The van der Waals surface area contributed by atoms with Crippen LogP contribution in [0.4, 0.5) is 8.78 Å². The molecule has 0 bridgehead atoms. The average Bonchev–Trinajstić information content (AvgIpc) is 2.60. The molecule has 0 fully saturated rings. The zero-order chi connectivity index (χ0) is 19.0. The van der Waals surface area contributed by atoms with Crippen LogP contribution in [-0.2, 0) is 0 Å². The summed E-state index contributed by atoms with van der Waals surface area (Å²) in [6, 6.07) is 9.27. The smallest absolute Gasteiger partial charge is 0.176 e. The van der Waals surface area contributed by atoms with Gasteiger partial charge in [0.05, 0.1) is 16.5 Å². The van der Waals surface area contributed by atoms with Gasteiger partial charge >= 0.3 is 0 Å². The Morgan fingerprint density at radius 2 is 1.36 bits per heavy atom. The Bertz CT molecular complexity index is 767. The van der Waals surface area contributed by atoms with Crippen molar-refractivity contribution in [1.82, 2.24) is 0 Å². The van der Waals surface area contributed by atoms with E-state index >= 15 is 0 Å². The summed E-state index contributed by atoms with van der Waals surface area (Å²) in [5.74, 6) is -1.35. The number of hydrogen-bond donors (Lipinski definition) is 0. The third kappa shape index (κ3) is 6.56. The largest absolute Gasteiger partial charge is 0.294 e. The molecule has 0 N–H and O–H groups in total. The molecule has 0 unspecified atom stereocenters. The van der Waals surface area contributed by atoms with Crippen molar-refractivity contribution in [2.45, 2.75) is 16.7 Å². The predicted molar refractivity (Wildman–Crippen MR) is 104 cm³/mol. The van der Waals surface area contributed by atoms with Gasteiger partial charge in [-0.15, -0.1) is 23.5 Å². The fourth-order valence-corrected chi connectivity index (χ4v) is 2.98. The average molecular weight is 447 g/mol. The second kappa shape index (κ2) is 10.7. The monoisotopic (exact) mass is 446 g/mol. The van der Waals surface area contributed by atoms with Crippen molar-refractivity contribution in [2.75, 3.05) is 17.8 Å². The summed E-state index contributed by atoms with van der Waals surface area (Å²) in [5, 5.41) is 0.155. The van der Waals surface area contributed by atoms with E-state index in [1.165, 1.54) is 54.7 Å². The van der Waals surface area contributed by atoms with Crippen molar-refractivity contribution >= 4 is 51.0 Å². The van der Waals surface area contributed by atoms with Crippen LogP contribution in [0.25, 0.3) is 0 Å². The van der Waals surface area contributed by atoms with Gasteiger partial charge in [-0.25, -0.2) is 8.78 Å². The molecule has 0 spiro atoms. The van der Waals surface area contributed by atoms with Gasteiger partial charge in [0.2, 0.25) is 0 Å². The molecule has 25 heavy (non-hydrogen) atoms. The summed E-state index contributed by atoms with van der Waals surface area (Å²) in [6.45, 7) is 1.36. The molecule has 0 saturated carbocycles. The number of ketones is 2. The van der Waals surface area contributed by atoms with Gasteiger partial charge in [0, 0.05) is 9.79 Å². The molecule has 0 aliphatic rings. The van der Waals surface area contributed by atoms with E-state index in [4.69, 9.17) is 0 Å². The number of alkyl halides is 1. The molecule has 2 aromatic carbocycles. The van der Waals surface area contributed by atoms with Crippen LogP contribution in [0.5, 0.6) is 0 Å². The van der Waals surface area contributed by atoms with Gasteiger partial charge in [-0.2, -0.15) is 0 Å². The van der Waals surface area contributed by atoms with Crippen molar-refractivity contribution in [3.63, 3.8) is 0 Å². The Morgan fingerprint density at radius 3 is 1.68 bits per heavy atom. The van der Waals surface area contributed by atoms with Crippen LogP contribution in [0.3, 0.4) is 0 Å². The van der Waals surface area contributed by atoms with E-state index in [0.717, 1.165) is 9.79 Å². The lowest BCUT2D eigenvalue weighted by molar-refractivity contribution is 0.100. The number of Topliss-reactive ketones (excluding diaryl/α,β-unsaturated/α-hetero) is 2. The van der Waals surface area contributed by atoms with Crippen LogP contribution >= 0.6 is 39.5 Å². The summed E-state index contributed by atoms with van der Waals surface area (Å²) in [5.41, 5.74) is 0.308. The maximum Gasteiger partial charge on any atom is 0.176 e. The second-order valence-corrected chi connectivity index (χ2v) is 7.12. The number of thioether (sulfide) groups is 2. The first-order chi connectivity index (χ1) is 11.8. The lowest BCUT2D eigenvalue weighted by Gasteiger charge is -2.01. The Balaban J connectivity index is 0.000000251. The molecule has 0 aliphatic carbocycles. The van der Waals surface area contributed by atoms with Crippen LogP contribution in [0.15, 0.2) is 46.2 Å². The van der Waals surface area contributed by atoms with Crippen LogP contribution in [-0.4, -0.2) is 29.4 Å². The summed E-state index contributed by atoms with van der Waals surface area (Å²) in [4.78, 5) is 23.6. The molecule has 0 saturated heterocycles. The quantitative estimate of drug-likeness (QED) is 0.326. The summed E-state index contributed by atoms with van der Waals surface area (Å²) in [7, 11) is 0. The molecular formula is C18H17BrF2O2S2. The van der Waals surface area contributed by atoms with Gasteiger partial charge < -0.3 is 0 Å². The number of hydrogen-bond acceptors (Lipinski definition) is 4. The van der Waals surface area contributed by atoms with Gasteiger partial charge in [-0.05, 0) is 55.8 Å². The third-order valence-corrected chi connectivity index (χ3v) is 5.11. The molecule has 2 nitrogen and oxygen atoms in total. The molecule has 0 aliphatic heterocycles. The highest BCUT2D eigenvalue weighted by Crippen LogP contribution is 2.19. The third-order valence-electron chi connectivity index (χ3n) is 3.15. The Morgan fingerprint density at radius 1 is 0.920 bits per heavy atom. The second-order valence-electron chi connectivity index (χ2n) is 4.80. The normalized spacial score (nSPS) is 10.0. The minimum atomic E-state index is -0.448. The number of benzene rings is 2. The van der Waals surface area contributed by atoms with Crippen molar-refractivity contribution in [3.05, 3.63) is 59.2 Å². The standard InChI is InChI=1S/C9H8BrFOS.C9H9FOS/c1-13-6-2-3-7(8(11)4-6)9(12)5-10;1-6(11)8-4-3-7(12-2)5-9(8)10/h2-4H,5H2,1H3;3-5H,1-2H3. The van der Waals surface area contributed by atoms with E-state index < -0.39 is 11.6 Å². The molecule has 0 heterocycles. The number of carbonyl (C=O) groups is 2. The predicted octanol–water partition coefficient (Wildman–Crippen LogP) is 5.88. The van der Waals surface area contributed by atoms with E-state index in [1.807, 2.05) is 12.5 Å². The lowest BCUT2D eigenvalue weighted by atomic mass is 10.1. The van der Waals surface area contributed by atoms with Crippen LogP contribution in [0.2, 0.25) is 0 Å². The van der Waals surface area contributed by atoms with Gasteiger partial charge in [-0.1, -0.05) is 15.9 Å². The van der Waals surface area contributed by atoms with E-state index in [-0.39, 0.29) is 28.0 Å². The molecule has 0 radical (unpaired) electrons. The fraction of sp³-hybridized carbons (Fsp3) is 0.222. The topological polar surface area (TPSA) is 34.1 Å². The zero-order valence-electron chi connectivity index (χ0n) is 13.9. The molecule has 0 aromatic heterocycles. The van der Waals surface area contributed by atoms with Gasteiger partial charge in [0.25, 0.3) is 0 Å². The van der Waals surface area contributed by atoms with Crippen molar-refractivity contribution in [2.24, 2.45) is 0 Å². The maximum absolute atomic E-state index is 13.2. The highest BCUT2D eigenvalue weighted by atomic mass is 79.9. The molecule has 0 amide bonds. The SMILES string of the molecule is CSc1ccc(C(=O)CBr)c(F)c1.CSc1ccc(C(C)=O)c(F)c1. The molecule has 0 atom stereocenters. The number of rotatable bonds is 5. The lowest BCUT2D eigenvalue weighted by Crippen LogP contribution is -2.02. The van der Waals surface area contributed by atoms with Crippen LogP contribution < -0.4 is 0 Å².